The number of nitrogens with one attached hydrogen (secondary N) is 1. The van der Waals surface area contributed by atoms with Crippen LogP contribution >= 0.6 is 27.3 Å². The van der Waals surface area contributed by atoms with Crippen molar-refractivity contribution in [1.82, 2.24) is 15.2 Å². The maximum atomic E-state index is 4.14. The van der Waals surface area contributed by atoms with E-state index in [2.05, 4.69) is 42.5 Å². The zero-order valence-corrected chi connectivity index (χ0v) is 11.0. The Balaban J connectivity index is 2.05. The molecule has 0 aliphatic rings. The minimum absolute atomic E-state index is 0.758. The van der Waals surface area contributed by atoms with Gasteiger partial charge in [-0.1, -0.05) is 23.5 Å². The molecule has 0 unspecified atom stereocenters. The van der Waals surface area contributed by atoms with E-state index in [0.717, 1.165) is 25.5 Å². The molecule has 0 amide bonds. The van der Waals surface area contributed by atoms with Gasteiger partial charge in [0.05, 0.1) is 0 Å². The first-order chi connectivity index (χ1) is 8.33. The summed E-state index contributed by atoms with van der Waals surface area (Å²) >= 11 is 4.74. The lowest BCUT2D eigenvalue weighted by Gasteiger charge is -2.05. The highest BCUT2D eigenvalue weighted by molar-refractivity contribution is 9.11. The number of pyridine rings is 1. The number of halogens is 1. The fourth-order valence-electron chi connectivity index (χ4n) is 1.59. The van der Waals surface area contributed by atoms with E-state index in [1.165, 1.54) is 11.3 Å². The molecule has 4 nitrogen and oxygen atoms in total. The van der Waals surface area contributed by atoms with Gasteiger partial charge in [0, 0.05) is 23.5 Å². The third-order valence-corrected chi connectivity index (χ3v) is 3.60. The summed E-state index contributed by atoms with van der Waals surface area (Å²) in [6.45, 7) is 0. The Bertz CT molecular complexity index is 662. The predicted octanol–water partition coefficient (Wildman–Crippen LogP) is 3.59. The number of rotatable bonds is 2. The van der Waals surface area contributed by atoms with E-state index in [-0.39, 0.29) is 0 Å². The molecule has 0 saturated carbocycles. The van der Waals surface area contributed by atoms with Crippen molar-refractivity contribution in [3.63, 3.8) is 0 Å². The number of anilines is 2. The molecule has 0 radical (unpaired) electrons. The minimum Gasteiger partial charge on any atom is -0.329 e. The lowest BCUT2D eigenvalue weighted by molar-refractivity contribution is 1.07. The summed E-state index contributed by atoms with van der Waals surface area (Å²) in [4.78, 5) is 4.14. The van der Waals surface area contributed by atoms with Crippen LogP contribution in [0.2, 0.25) is 0 Å². The highest BCUT2D eigenvalue weighted by Gasteiger charge is 2.04. The molecule has 0 saturated heterocycles. The SMILES string of the molecule is Brc1nnc(Nc2cccc3ccncc23)s1. The number of nitrogens with zero attached hydrogens (tertiary/aromatic N) is 3. The van der Waals surface area contributed by atoms with E-state index in [0.29, 0.717) is 0 Å². The van der Waals surface area contributed by atoms with Crippen LogP contribution in [0.4, 0.5) is 10.8 Å². The first-order valence-corrected chi connectivity index (χ1v) is 6.53. The number of fused-ring (bicyclic) bond motifs is 1. The van der Waals surface area contributed by atoms with Gasteiger partial charge in [-0.3, -0.25) is 4.98 Å². The Hall–Kier alpha value is -1.53. The summed E-state index contributed by atoms with van der Waals surface area (Å²) in [5, 5.41) is 14.1. The van der Waals surface area contributed by atoms with Crippen molar-refractivity contribution in [1.29, 1.82) is 0 Å². The zero-order chi connectivity index (χ0) is 11.7. The van der Waals surface area contributed by atoms with E-state index in [1.54, 1.807) is 6.20 Å². The number of aromatic nitrogens is 3. The van der Waals surface area contributed by atoms with Crippen LogP contribution in [0.15, 0.2) is 40.6 Å². The van der Waals surface area contributed by atoms with Gasteiger partial charge in [-0.05, 0) is 33.4 Å². The van der Waals surface area contributed by atoms with Crippen molar-refractivity contribution in [3.05, 3.63) is 40.6 Å². The maximum absolute atomic E-state index is 4.14. The second kappa shape index (κ2) is 4.38. The normalized spacial score (nSPS) is 10.6. The number of hydrogen-bond acceptors (Lipinski definition) is 5. The molecule has 0 aliphatic carbocycles. The second-order valence-electron chi connectivity index (χ2n) is 3.39. The van der Waals surface area contributed by atoms with Gasteiger partial charge < -0.3 is 5.32 Å². The first kappa shape index (κ1) is 10.6. The molecule has 0 spiro atoms. The van der Waals surface area contributed by atoms with Crippen LogP contribution in [0.5, 0.6) is 0 Å². The molecular formula is C11H7BrN4S. The lowest BCUT2D eigenvalue weighted by Crippen LogP contribution is -1.91. The van der Waals surface area contributed by atoms with Gasteiger partial charge in [0.2, 0.25) is 5.13 Å². The van der Waals surface area contributed by atoms with Crippen molar-refractivity contribution in [3.8, 4) is 0 Å². The van der Waals surface area contributed by atoms with Gasteiger partial charge in [-0.25, -0.2) is 0 Å². The molecule has 17 heavy (non-hydrogen) atoms. The number of benzene rings is 1. The third-order valence-electron chi connectivity index (χ3n) is 2.33. The standard InChI is InChI=1S/C11H7BrN4S/c12-10-15-16-11(17-10)14-9-3-1-2-7-4-5-13-6-8(7)9/h1-6H,(H,14,16). The van der Waals surface area contributed by atoms with Crippen LogP contribution in [-0.4, -0.2) is 15.2 Å². The quantitative estimate of drug-likeness (QED) is 0.786. The average Bonchev–Trinajstić information content (AvgIpc) is 2.75. The first-order valence-electron chi connectivity index (χ1n) is 4.92. The Kier molecular flexibility index (Phi) is 2.74. The highest BCUT2D eigenvalue weighted by atomic mass is 79.9. The Morgan fingerprint density at radius 1 is 1.18 bits per heavy atom. The molecule has 0 bridgehead atoms. The zero-order valence-electron chi connectivity index (χ0n) is 8.59. The Labute approximate surface area is 110 Å². The predicted molar refractivity (Wildman–Crippen MR) is 72.6 cm³/mol. The van der Waals surface area contributed by atoms with Crippen LogP contribution in [-0.2, 0) is 0 Å². The van der Waals surface area contributed by atoms with Crippen LogP contribution in [0.25, 0.3) is 10.8 Å². The Morgan fingerprint density at radius 2 is 2.12 bits per heavy atom. The van der Waals surface area contributed by atoms with Gasteiger partial charge in [0.25, 0.3) is 0 Å². The molecule has 6 heteroatoms. The van der Waals surface area contributed by atoms with Crippen molar-refractivity contribution >= 4 is 48.9 Å². The van der Waals surface area contributed by atoms with E-state index >= 15 is 0 Å². The minimum atomic E-state index is 0.758. The van der Waals surface area contributed by atoms with E-state index in [4.69, 9.17) is 0 Å². The monoisotopic (exact) mass is 306 g/mol. The molecule has 3 rings (SSSR count). The lowest BCUT2D eigenvalue weighted by atomic mass is 10.1. The smallest absolute Gasteiger partial charge is 0.210 e. The number of hydrogen-bond donors (Lipinski definition) is 1. The maximum Gasteiger partial charge on any atom is 0.210 e. The van der Waals surface area contributed by atoms with Crippen LogP contribution in [0.1, 0.15) is 0 Å². The summed E-state index contributed by atoms with van der Waals surface area (Å²) in [5.74, 6) is 0. The Morgan fingerprint density at radius 3 is 2.94 bits per heavy atom. The highest BCUT2D eigenvalue weighted by Crippen LogP contribution is 2.28. The topological polar surface area (TPSA) is 50.7 Å². The van der Waals surface area contributed by atoms with Crippen LogP contribution in [0.3, 0.4) is 0 Å². The van der Waals surface area contributed by atoms with Crippen LogP contribution < -0.4 is 5.32 Å². The van der Waals surface area contributed by atoms with Gasteiger partial charge in [0.1, 0.15) is 0 Å². The van der Waals surface area contributed by atoms with Crippen LogP contribution in [0, 0.1) is 0 Å². The molecule has 0 fully saturated rings. The molecule has 2 heterocycles. The molecule has 2 aromatic heterocycles. The van der Waals surface area contributed by atoms with E-state index in [1.807, 2.05) is 24.4 Å². The van der Waals surface area contributed by atoms with Crippen molar-refractivity contribution in [2.45, 2.75) is 0 Å². The molecule has 3 aromatic rings. The largest absolute Gasteiger partial charge is 0.329 e. The van der Waals surface area contributed by atoms with E-state index in [9.17, 15) is 0 Å². The molecule has 1 aromatic carbocycles. The van der Waals surface area contributed by atoms with Crippen molar-refractivity contribution in [2.75, 3.05) is 5.32 Å². The fourth-order valence-corrected chi connectivity index (χ4v) is 2.62. The van der Waals surface area contributed by atoms with Crippen molar-refractivity contribution < 1.29 is 0 Å². The molecule has 1 N–H and O–H groups in total. The van der Waals surface area contributed by atoms with Gasteiger partial charge in [-0.15, -0.1) is 10.2 Å². The van der Waals surface area contributed by atoms with Gasteiger partial charge in [-0.2, -0.15) is 0 Å². The van der Waals surface area contributed by atoms with Gasteiger partial charge in [0.15, 0.2) is 3.92 Å². The molecular weight excluding hydrogens is 300 g/mol. The molecule has 0 atom stereocenters. The summed E-state index contributed by atoms with van der Waals surface area (Å²) in [6, 6.07) is 8.04. The van der Waals surface area contributed by atoms with Gasteiger partial charge >= 0.3 is 0 Å². The fraction of sp³-hybridized carbons (Fsp3) is 0. The second-order valence-corrected chi connectivity index (χ2v) is 5.64. The van der Waals surface area contributed by atoms with E-state index < -0.39 is 0 Å². The van der Waals surface area contributed by atoms with Crippen molar-refractivity contribution in [2.24, 2.45) is 0 Å². The summed E-state index contributed by atoms with van der Waals surface area (Å²) in [5.41, 5.74) is 0.985. The summed E-state index contributed by atoms with van der Waals surface area (Å²) in [7, 11) is 0. The molecule has 84 valence electrons. The molecule has 0 aliphatic heterocycles. The summed E-state index contributed by atoms with van der Waals surface area (Å²) < 4.78 is 0.762. The average molecular weight is 307 g/mol. The third kappa shape index (κ3) is 2.13. The summed E-state index contributed by atoms with van der Waals surface area (Å²) in [6.07, 6.45) is 3.63.